The molecule has 1 atom stereocenters. The second-order valence-electron chi connectivity index (χ2n) is 1.78. The Kier molecular flexibility index (Phi) is 1.82. The molecule has 0 aromatic rings. The smallest absolute Gasteiger partial charge is 0.368 e. The second kappa shape index (κ2) is 2.42. The van der Waals surface area contributed by atoms with Crippen LogP contribution in [0.4, 0.5) is 4.11 Å². The van der Waals surface area contributed by atoms with E-state index >= 15 is 0 Å². The van der Waals surface area contributed by atoms with Crippen LogP contribution in [0.15, 0.2) is 0 Å². The molecule has 0 aliphatic carbocycles. The summed E-state index contributed by atoms with van der Waals surface area (Å²) in [6.45, 7) is 0.674. The summed E-state index contributed by atoms with van der Waals surface area (Å²) in [7, 11) is -2.09. The zero-order valence-electron chi connectivity index (χ0n) is 4.19. The van der Waals surface area contributed by atoms with Gasteiger partial charge in [0.1, 0.15) is 0 Å². The molecule has 0 aromatic carbocycles. The fourth-order valence-corrected chi connectivity index (χ4v) is 1.90. The van der Waals surface area contributed by atoms with Gasteiger partial charge in [0.2, 0.25) is 0 Å². The van der Waals surface area contributed by atoms with E-state index in [2.05, 4.69) is 0 Å². The Morgan fingerprint density at radius 1 is 1.43 bits per heavy atom. The summed E-state index contributed by atoms with van der Waals surface area (Å²) in [5, 5.41) is 0. The first kappa shape index (κ1) is 5.25. The molecule has 42 valence electrons. The van der Waals surface area contributed by atoms with Gasteiger partial charge in [0, 0.05) is 6.61 Å². The van der Waals surface area contributed by atoms with Gasteiger partial charge in [-0.2, -0.15) is 0 Å². The van der Waals surface area contributed by atoms with Crippen molar-refractivity contribution in [3.8, 4) is 0 Å². The van der Waals surface area contributed by atoms with Gasteiger partial charge in [-0.3, -0.25) is 4.11 Å². The fraction of sp³-hybridized carbons (Fsp3) is 1.00. The monoisotopic (exact) mass is 120 g/mol. The first-order valence-corrected chi connectivity index (χ1v) is 4.38. The molecule has 1 rings (SSSR count). The lowest BCUT2D eigenvalue weighted by Gasteiger charge is -2.12. The van der Waals surface area contributed by atoms with Crippen molar-refractivity contribution in [3.63, 3.8) is 0 Å². The third-order valence-electron chi connectivity index (χ3n) is 1.12. The average molecular weight is 120 g/mol. The van der Waals surface area contributed by atoms with Gasteiger partial charge >= 0.3 is 9.37 Å². The van der Waals surface area contributed by atoms with E-state index in [1.165, 1.54) is 0 Å². The van der Waals surface area contributed by atoms with Crippen LogP contribution in [-0.2, 0) is 4.43 Å². The highest BCUT2D eigenvalue weighted by Crippen LogP contribution is 2.10. The summed E-state index contributed by atoms with van der Waals surface area (Å²) in [5.74, 6) is 0. The van der Waals surface area contributed by atoms with Crippen molar-refractivity contribution in [1.29, 1.82) is 0 Å². The van der Waals surface area contributed by atoms with Crippen molar-refractivity contribution in [1.82, 2.24) is 0 Å². The van der Waals surface area contributed by atoms with Crippen molar-refractivity contribution in [2.24, 2.45) is 0 Å². The number of rotatable bonds is 0. The van der Waals surface area contributed by atoms with Gasteiger partial charge in [0.15, 0.2) is 0 Å². The van der Waals surface area contributed by atoms with Crippen molar-refractivity contribution < 1.29 is 8.53 Å². The molecular weight excluding hydrogens is 111 g/mol. The minimum atomic E-state index is -2.09. The lowest BCUT2D eigenvalue weighted by Crippen LogP contribution is -2.17. The summed E-state index contributed by atoms with van der Waals surface area (Å²) in [5.41, 5.74) is 0. The summed E-state index contributed by atoms with van der Waals surface area (Å²) in [6.07, 6.45) is 2.11. The molecule has 0 saturated carbocycles. The Balaban J connectivity index is 2.12. The van der Waals surface area contributed by atoms with Crippen LogP contribution in [-0.4, -0.2) is 16.0 Å². The molecule has 1 saturated heterocycles. The van der Waals surface area contributed by atoms with E-state index in [9.17, 15) is 4.11 Å². The normalized spacial score (nSPS) is 33.0. The Labute approximate surface area is 44.4 Å². The van der Waals surface area contributed by atoms with Crippen molar-refractivity contribution in [2.75, 3.05) is 6.61 Å². The van der Waals surface area contributed by atoms with E-state index in [1.54, 1.807) is 0 Å². The molecule has 0 N–H and O–H groups in total. The van der Waals surface area contributed by atoms with Gasteiger partial charge in [0.05, 0.1) is 0 Å². The van der Waals surface area contributed by atoms with Crippen LogP contribution >= 0.6 is 0 Å². The second-order valence-corrected chi connectivity index (χ2v) is 3.51. The molecule has 1 fully saturated rings. The molecule has 0 aromatic heterocycles. The van der Waals surface area contributed by atoms with Gasteiger partial charge < -0.3 is 4.43 Å². The van der Waals surface area contributed by atoms with Crippen LogP contribution in [0.1, 0.15) is 12.8 Å². The minimum Gasteiger partial charge on any atom is -0.394 e. The summed E-state index contributed by atoms with van der Waals surface area (Å²) in [4.78, 5) is 0. The predicted octanol–water partition coefficient (Wildman–Crippen LogP) is 0.987. The van der Waals surface area contributed by atoms with E-state index in [0.717, 1.165) is 18.9 Å². The highest BCUT2D eigenvalue weighted by atomic mass is 28.3. The van der Waals surface area contributed by atoms with E-state index in [0.29, 0.717) is 6.61 Å². The molecule has 3 heteroatoms. The Bertz CT molecular complexity index is 53.7. The lowest BCUT2D eigenvalue weighted by molar-refractivity contribution is 0.259. The largest absolute Gasteiger partial charge is 0.394 e. The van der Waals surface area contributed by atoms with Crippen molar-refractivity contribution in [2.45, 2.75) is 18.9 Å². The molecule has 0 spiro atoms. The minimum absolute atomic E-state index is 0.674. The first-order chi connectivity index (χ1) is 3.39. The molecule has 1 unspecified atom stereocenters. The quantitative estimate of drug-likeness (QED) is 0.342. The zero-order chi connectivity index (χ0) is 5.11. The third-order valence-corrected chi connectivity index (χ3v) is 2.58. The van der Waals surface area contributed by atoms with Gasteiger partial charge in [-0.25, -0.2) is 0 Å². The molecule has 0 amide bonds. The van der Waals surface area contributed by atoms with E-state index in [-0.39, 0.29) is 0 Å². The highest BCUT2D eigenvalue weighted by Gasteiger charge is 2.13. The van der Waals surface area contributed by atoms with Crippen LogP contribution in [0.25, 0.3) is 0 Å². The zero-order valence-corrected chi connectivity index (χ0v) is 5.35. The maximum atomic E-state index is 12.1. The third kappa shape index (κ3) is 1.57. The average Bonchev–Trinajstić information content (AvgIpc) is 1.69. The maximum Gasteiger partial charge on any atom is 0.368 e. The maximum absolute atomic E-state index is 12.1. The fourth-order valence-electron chi connectivity index (χ4n) is 0.701. The molecule has 1 aliphatic rings. The van der Waals surface area contributed by atoms with E-state index in [1.807, 2.05) is 0 Å². The molecule has 1 nitrogen and oxygen atoms in total. The Hall–Kier alpha value is 0.107. The molecule has 1 heterocycles. The number of hydrogen-bond acceptors (Lipinski definition) is 1. The van der Waals surface area contributed by atoms with Gasteiger partial charge in [-0.05, 0) is 18.9 Å². The molecular formula is C4H9FOSi. The SMILES string of the molecule is F[SiH]1CCCCO1. The number of halogens is 1. The van der Waals surface area contributed by atoms with Crippen molar-refractivity contribution >= 4 is 9.37 Å². The van der Waals surface area contributed by atoms with Gasteiger partial charge in [-0.1, -0.05) is 0 Å². The van der Waals surface area contributed by atoms with E-state index in [4.69, 9.17) is 4.43 Å². The summed E-state index contributed by atoms with van der Waals surface area (Å²) < 4.78 is 16.9. The molecule has 0 radical (unpaired) electrons. The van der Waals surface area contributed by atoms with Crippen LogP contribution in [0.2, 0.25) is 6.04 Å². The van der Waals surface area contributed by atoms with E-state index < -0.39 is 9.37 Å². The highest BCUT2D eigenvalue weighted by molar-refractivity contribution is 6.43. The first-order valence-electron chi connectivity index (χ1n) is 2.65. The topological polar surface area (TPSA) is 9.23 Å². The Morgan fingerprint density at radius 2 is 2.29 bits per heavy atom. The lowest BCUT2D eigenvalue weighted by atomic mass is 10.4. The summed E-state index contributed by atoms with van der Waals surface area (Å²) in [6, 6.07) is 0.736. The van der Waals surface area contributed by atoms with Crippen LogP contribution in [0, 0.1) is 0 Å². The predicted molar refractivity (Wildman–Crippen MR) is 28.2 cm³/mol. The van der Waals surface area contributed by atoms with Gasteiger partial charge in [-0.15, -0.1) is 0 Å². The van der Waals surface area contributed by atoms with Crippen LogP contribution < -0.4 is 0 Å². The van der Waals surface area contributed by atoms with Crippen molar-refractivity contribution in [3.05, 3.63) is 0 Å². The van der Waals surface area contributed by atoms with Gasteiger partial charge in [0.25, 0.3) is 0 Å². The van der Waals surface area contributed by atoms with Crippen LogP contribution in [0.3, 0.4) is 0 Å². The van der Waals surface area contributed by atoms with Crippen LogP contribution in [0.5, 0.6) is 0 Å². The molecule has 1 aliphatic heterocycles. The standard InChI is InChI=1S/C4H9FOSi/c5-7-4-2-1-3-6-7/h7H,1-4H2. The number of hydrogen-bond donors (Lipinski definition) is 0. The Morgan fingerprint density at radius 3 is 2.57 bits per heavy atom. The summed E-state index contributed by atoms with van der Waals surface area (Å²) >= 11 is 0. The molecule has 0 bridgehead atoms. The molecule has 7 heavy (non-hydrogen) atoms.